The second-order valence-electron chi connectivity index (χ2n) is 8.40. The van der Waals surface area contributed by atoms with Gasteiger partial charge in [0.1, 0.15) is 6.04 Å². The maximum Gasteiger partial charge on any atom is 0.243 e. The number of nitrogens with zero attached hydrogens (tertiary/aromatic N) is 3. The lowest BCUT2D eigenvalue weighted by atomic mass is 10.1. The van der Waals surface area contributed by atoms with Gasteiger partial charge in [-0.3, -0.25) is 4.79 Å². The minimum atomic E-state index is -3.75. The summed E-state index contributed by atoms with van der Waals surface area (Å²) in [4.78, 5) is 17.7. The standard InChI is InChI=1S/C23H29ClN4O3S/c1-26-13-15-27(16-14-26)20-8-4-18(5-9-20)17-25-23(29)22-3-2-12-28(22)32(30,31)21-10-6-19(24)7-11-21/h4-11,22H,2-3,12-17H2,1H3,(H,25,29). The fourth-order valence-electron chi connectivity index (χ4n) is 4.23. The molecule has 2 heterocycles. The first-order chi connectivity index (χ1) is 15.3. The minimum Gasteiger partial charge on any atom is -0.369 e. The van der Waals surface area contributed by atoms with Crippen molar-refractivity contribution in [3.8, 4) is 0 Å². The van der Waals surface area contributed by atoms with Crippen LogP contribution in [0, 0.1) is 0 Å². The summed E-state index contributed by atoms with van der Waals surface area (Å²) in [7, 11) is -1.62. The zero-order valence-electron chi connectivity index (χ0n) is 18.2. The molecule has 0 spiro atoms. The van der Waals surface area contributed by atoms with E-state index in [4.69, 9.17) is 11.6 Å². The van der Waals surface area contributed by atoms with Gasteiger partial charge in [0.2, 0.25) is 15.9 Å². The molecule has 2 aliphatic rings. The normalized spacial score (nSPS) is 20.4. The molecule has 1 amide bonds. The number of carbonyl (C=O) groups excluding carboxylic acids is 1. The van der Waals surface area contributed by atoms with Gasteiger partial charge in [-0.2, -0.15) is 4.31 Å². The van der Waals surface area contributed by atoms with Crippen molar-refractivity contribution >= 4 is 33.2 Å². The van der Waals surface area contributed by atoms with Gasteiger partial charge in [-0.1, -0.05) is 23.7 Å². The SMILES string of the molecule is CN1CCN(c2ccc(CNC(=O)C3CCCN3S(=O)(=O)c3ccc(Cl)cc3)cc2)CC1. The van der Waals surface area contributed by atoms with Crippen molar-refractivity contribution in [2.24, 2.45) is 0 Å². The Morgan fingerprint density at radius 3 is 2.31 bits per heavy atom. The van der Waals surface area contributed by atoms with Crippen LogP contribution in [0.3, 0.4) is 0 Å². The third-order valence-electron chi connectivity index (χ3n) is 6.20. The van der Waals surface area contributed by atoms with E-state index in [9.17, 15) is 13.2 Å². The number of sulfonamides is 1. The molecule has 0 saturated carbocycles. The smallest absolute Gasteiger partial charge is 0.243 e. The number of carbonyl (C=O) groups is 1. The van der Waals surface area contributed by atoms with Crippen molar-refractivity contribution in [2.75, 3.05) is 44.7 Å². The number of rotatable bonds is 6. The summed E-state index contributed by atoms with van der Waals surface area (Å²) >= 11 is 5.88. The van der Waals surface area contributed by atoms with Gasteiger partial charge in [0.05, 0.1) is 4.90 Å². The number of anilines is 1. The number of hydrogen-bond acceptors (Lipinski definition) is 5. The summed E-state index contributed by atoms with van der Waals surface area (Å²) in [6.07, 6.45) is 1.17. The van der Waals surface area contributed by atoms with E-state index in [0.29, 0.717) is 31.0 Å². The summed E-state index contributed by atoms with van der Waals surface area (Å²) in [5.41, 5.74) is 2.17. The second kappa shape index (κ2) is 9.79. The van der Waals surface area contributed by atoms with Crippen LogP contribution in [0.5, 0.6) is 0 Å². The van der Waals surface area contributed by atoms with Crippen LogP contribution in [0.1, 0.15) is 18.4 Å². The summed E-state index contributed by atoms with van der Waals surface area (Å²) < 4.78 is 27.4. The fraction of sp³-hybridized carbons (Fsp3) is 0.435. The number of nitrogens with one attached hydrogen (secondary N) is 1. The van der Waals surface area contributed by atoms with E-state index in [1.165, 1.54) is 22.1 Å². The Morgan fingerprint density at radius 2 is 1.66 bits per heavy atom. The van der Waals surface area contributed by atoms with Gasteiger partial charge in [0.15, 0.2) is 0 Å². The molecular formula is C23H29ClN4O3S. The first-order valence-electron chi connectivity index (χ1n) is 10.9. The Morgan fingerprint density at radius 1 is 1.00 bits per heavy atom. The monoisotopic (exact) mass is 476 g/mol. The zero-order chi connectivity index (χ0) is 22.7. The molecule has 9 heteroatoms. The Hall–Kier alpha value is -2.13. The average Bonchev–Trinajstić information content (AvgIpc) is 3.30. The lowest BCUT2D eigenvalue weighted by Crippen LogP contribution is -2.45. The van der Waals surface area contributed by atoms with Gasteiger partial charge in [-0.05, 0) is 61.9 Å². The molecule has 32 heavy (non-hydrogen) atoms. The molecule has 1 unspecified atom stereocenters. The molecule has 1 N–H and O–H groups in total. The van der Waals surface area contributed by atoms with Crippen LogP contribution < -0.4 is 10.2 Å². The molecule has 172 valence electrons. The molecule has 2 aromatic rings. The Bertz CT molecular complexity index is 1040. The summed E-state index contributed by atoms with van der Waals surface area (Å²) in [5.74, 6) is -0.261. The number of amides is 1. The predicted octanol–water partition coefficient (Wildman–Crippen LogP) is 2.56. The largest absolute Gasteiger partial charge is 0.369 e. The molecule has 0 bridgehead atoms. The van der Waals surface area contributed by atoms with Gasteiger partial charge in [0, 0.05) is 50.0 Å². The van der Waals surface area contributed by atoms with Crippen molar-refractivity contribution in [3.63, 3.8) is 0 Å². The van der Waals surface area contributed by atoms with Gasteiger partial charge in [-0.25, -0.2) is 8.42 Å². The fourth-order valence-corrected chi connectivity index (χ4v) is 6.01. The molecule has 0 aromatic heterocycles. The van der Waals surface area contributed by atoms with Crippen LogP contribution in [0.15, 0.2) is 53.4 Å². The molecule has 0 aliphatic carbocycles. The third kappa shape index (κ3) is 5.09. The third-order valence-corrected chi connectivity index (χ3v) is 8.37. The van der Waals surface area contributed by atoms with E-state index in [0.717, 1.165) is 31.7 Å². The number of likely N-dealkylation sites (N-methyl/N-ethyl adjacent to an activating group) is 1. The van der Waals surface area contributed by atoms with E-state index in [2.05, 4.69) is 34.3 Å². The zero-order valence-corrected chi connectivity index (χ0v) is 19.8. The summed E-state index contributed by atoms with van der Waals surface area (Å²) in [6, 6.07) is 13.6. The maximum absolute atomic E-state index is 13.0. The van der Waals surface area contributed by atoms with Crippen LogP contribution in [-0.4, -0.2) is 69.3 Å². The van der Waals surface area contributed by atoms with Crippen LogP contribution in [-0.2, 0) is 21.4 Å². The Kier molecular flexibility index (Phi) is 7.05. The molecule has 1 atom stereocenters. The van der Waals surface area contributed by atoms with Crippen LogP contribution >= 0.6 is 11.6 Å². The minimum absolute atomic E-state index is 0.154. The molecule has 2 saturated heterocycles. The van der Waals surface area contributed by atoms with E-state index in [1.807, 2.05) is 12.1 Å². The highest BCUT2D eigenvalue weighted by atomic mass is 35.5. The molecule has 2 aliphatic heterocycles. The van der Waals surface area contributed by atoms with E-state index >= 15 is 0 Å². The molecule has 0 radical (unpaired) electrons. The van der Waals surface area contributed by atoms with Crippen LogP contribution in [0.4, 0.5) is 5.69 Å². The highest BCUT2D eigenvalue weighted by molar-refractivity contribution is 7.89. The number of halogens is 1. The number of hydrogen-bond donors (Lipinski definition) is 1. The first kappa shape index (κ1) is 23.0. The number of piperazine rings is 1. The first-order valence-corrected chi connectivity index (χ1v) is 12.7. The Labute approximate surface area is 195 Å². The van der Waals surface area contributed by atoms with Crippen LogP contribution in [0.2, 0.25) is 5.02 Å². The van der Waals surface area contributed by atoms with E-state index in [1.54, 1.807) is 12.1 Å². The molecular weight excluding hydrogens is 448 g/mol. The maximum atomic E-state index is 13.0. The Balaban J connectivity index is 1.36. The average molecular weight is 477 g/mol. The lowest BCUT2D eigenvalue weighted by molar-refractivity contribution is -0.124. The molecule has 2 fully saturated rings. The molecule has 7 nitrogen and oxygen atoms in total. The summed E-state index contributed by atoms with van der Waals surface area (Å²) in [6.45, 7) is 4.82. The highest BCUT2D eigenvalue weighted by Crippen LogP contribution is 2.27. The highest BCUT2D eigenvalue weighted by Gasteiger charge is 2.39. The molecule has 4 rings (SSSR count). The quantitative estimate of drug-likeness (QED) is 0.693. The molecule has 2 aromatic carbocycles. The van der Waals surface area contributed by atoms with Crippen molar-refractivity contribution in [2.45, 2.75) is 30.3 Å². The van der Waals surface area contributed by atoms with E-state index < -0.39 is 16.1 Å². The lowest BCUT2D eigenvalue weighted by Gasteiger charge is -2.34. The van der Waals surface area contributed by atoms with Gasteiger partial charge in [-0.15, -0.1) is 0 Å². The van der Waals surface area contributed by atoms with Gasteiger partial charge in [0.25, 0.3) is 0 Å². The van der Waals surface area contributed by atoms with Crippen molar-refractivity contribution in [1.82, 2.24) is 14.5 Å². The predicted molar refractivity (Wildman–Crippen MR) is 126 cm³/mol. The van der Waals surface area contributed by atoms with Gasteiger partial charge < -0.3 is 15.1 Å². The number of benzene rings is 2. The topological polar surface area (TPSA) is 73.0 Å². The van der Waals surface area contributed by atoms with E-state index in [-0.39, 0.29) is 10.8 Å². The van der Waals surface area contributed by atoms with Crippen LogP contribution in [0.25, 0.3) is 0 Å². The second-order valence-corrected chi connectivity index (χ2v) is 10.7. The van der Waals surface area contributed by atoms with Crippen molar-refractivity contribution in [1.29, 1.82) is 0 Å². The van der Waals surface area contributed by atoms with Gasteiger partial charge >= 0.3 is 0 Å². The van der Waals surface area contributed by atoms with Crippen molar-refractivity contribution < 1.29 is 13.2 Å². The van der Waals surface area contributed by atoms with Crippen molar-refractivity contribution in [3.05, 3.63) is 59.1 Å². The summed E-state index contributed by atoms with van der Waals surface area (Å²) in [5, 5.41) is 3.39.